The summed E-state index contributed by atoms with van der Waals surface area (Å²) in [5.41, 5.74) is 7.23. The van der Waals surface area contributed by atoms with Gasteiger partial charge in [-0.2, -0.15) is 13.2 Å². The third kappa shape index (κ3) is 10.3. The fourth-order valence-corrected chi connectivity index (χ4v) is 1.66. The number of halogens is 3. The molecule has 0 heterocycles. The number of hydrogen-bond acceptors (Lipinski definition) is 3. The number of carbonyl (C=O) groups is 1. The van der Waals surface area contributed by atoms with E-state index in [9.17, 15) is 18.0 Å². The summed E-state index contributed by atoms with van der Waals surface area (Å²) in [4.78, 5) is 15.3. The molecule has 0 spiro atoms. The molecule has 0 aliphatic rings. The van der Waals surface area contributed by atoms with Gasteiger partial charge in [-0.3, -0.25) is 9.63 Å². The lowest BCUT2D eigenvalue weighted by Crippen LogP contribution is -2.29. The highest BCUT2D eigenvalue weighted by atomic mass is 19.4. The molecular weight excluding hydrogens is 249 g/mol. The van der Waals surface area contributed by atoms with Gasteiger partial charge in [0.25, 0.3) is 0 Å². The number of nitrogens with two attached hydrogens (primary N) is 1. The van der Waals surface area contributed by atoms with E-state index >= 15 is 0 Å². The van der Waals surface area contributed by atoms with E-state index in [-0.39, 0.29) is 6.42 Å². The number of rotatable bonds is 9. The van der Waals surface area contributed by atoms with Gasteiger partial charge >= 0.3 is 6.18 Å². The Morgan fingerprint density at radius 3 is 2.50 bits per heavy atom. The monoisotopic (exact) mass is 270 g/mol. The lowest BCUT2D eigenvalue weighted by molar-refractivity contribution is -0.191. The molecule has 0 saturated heterocycles. The van der Waals surface area contributed by atoms with Crippen LogP contribution in [0.2, 0.25) is 0 Å². The Hall–Kier alpha value is -0.820. The maximum Gasteiger partial charge on any atom is 0.414 e. The van der Waals surface area contributed by atoms with E-state index in [0.717, 1.165) is 19.3 Å². The van der Waals surface area contributed by atoms with Crippen LogP contribution >= 0.6 is 0 Å². The van der Waals surface area contributed by atoms with Crippen LogP contribution in [-0.4, -0.2) is 25.2 Å². The van der Waals surface area contributed by atoms with E-state index < -0.39 is 18.7 Å². The molecule has 7 heteroatoms. The van der Waals surface area contributed by atoms with Gasteiger partial charge in [-0.05, 0) is 25.3 Å². The molecule has 18 heavy (non-hydrogen) atoms. The van der Waals surface area contributed by atoms with E-state index in [4.69, 9.17) is 5.73 Å². The molecule has 3 N–H and O–H groups in total. The molecule has 1 unspecified atom stereocenters. The van der Waals surface area contributed by atoms with Gasteiger partial charge in [-0.25, -0.2) is 5.48 Å². The quantitative estimate of drug-likeness (QED) is 0.631. The van der Waals surface area contributed by atoms with Crippen LogP contribution in [0.1, 0.15) is 39.0 Å². The molecule has 0 radical (unpaired) electrons. The fraction of sp³-hybridized carbons (Fsp3) is 0.909. The Bertz CT molecular complexity index is 229. The standard InChI is InChI=1S/C11H21F3N2O2/c1-2-3-9(6-7-15)4-5-10(17)16-18-8-11(12,13)14/h9H,2-8,15H2,1H3,(H,16,17). The summed E-state index contributed by atoms with van der Waals surface area (Å²) in [6, 6.07) is 0. The molecule has 0 aromatic rings. The van der Waals surface area contributed by atoms with Crippen LogP contribution in [0.25, 0.3) is 0 Å². The van der Waals surface area contributed by atoms with E-state index in [0.29, 0.717) is 18.9 Å². The third-order valence-corrected chi connectivity index (χ3v) is 2.47. The normalized spacial score (nSPS) is 13.4. The van der Waals surface area contributed by atoms with Crippen molar-refractivity contribution in [2.45, 2.75) is 45.2 Å². The van der Waals surface area contributed by atoms with Crippen LogP contribution in [0.4, 0.5) is 13.2 Å². The number of carbonyl (C=O) groups excluding carboxylic acids is 1. The molecule has 1 amide bonds. The fourth-order valence-electron chi connectivity index (χ4n) is 1.66. The molecule has 4 nitrogen and oxygen atoms in total. The SMILES string of the molecule is CCCC(CCN)CCC(=O)NOCC(F)(F)F. The minimum Gasteiger partial charge on any atom is -0.330 e. The van der Waals surface area contributed by atoms with Crippen LogP contribution in [0.5, 0.6) is 0 Å². The second-order valence-electron chi connectivity index (χ2n) is 4.20. The number of amides is 1. The molecule has 0 aromatic carbocycles. The van der Waals surface area contributed by atoms with Gasteiger partial charge in [0.1, 0.15) is 0 Å². The molecule has 0 saturated carbocycles. The summed E-state index contributed by atoms with van der Waals surface area (Å²) < 4.78 is 35.2. The number of hydrogen-bond donors (Lipinski definition) is 2. The van der Waals surface area contributed by atoms with E-state index in [1.54, 1.807) is 5.48 Å². The highest BCUT2D eigenvalue weighted by Gasteiger charge is 2.28. The highest BCUT2D eigenvalue weighted by molar-refractivity contribution is 5.74. The first kappa shape index (κ1) is 17.2. The van der Waals surface area contributed by atoms with Crippen LogP contribution in [-0.2, 0) is 9.63 Å². The zero-order valence-corrected chi connectivity index (χ0v) is 10.6. The van der Waals surface area contributed by atoms with Crippen LogP contribution in [0.15, 0.2) is 0 Å². The summed E-state index contributed by atoms with van der Waals surface area (Å²) >= 11 is 0. The largest absolute Gasteiger partial charge is 0.414 e. The van der Waals surface area contributed by atoms with Crippen LogP contribution in [0, 0.1) is 5.92 Å². The van der Waals surface area contributed by atoms with Gasteiger partial charge in [0.05, 0.1) is 0 Å². The summed E-state index contributed by atoms with van der Waals surface area (Å²) in [7, 11) is 0. The number of alkyl halides is 3. The summed E-state index contributed by atoms with van der Waals surface area (Å²) in [6.07, 6.45) is -0.873. The van der Waals surface area contributed by atoms with Gasteiger partial charge in [0, 0.05) is 6.42 Å². The summed E-state index contributed by atoms with van der Waals surface area (Å²) in [6.45, 7) is 1.12. The van der Waals surface area contributed by atoms with E-state index in [2.05, 4.69) is 4.84 Å². The molecule has 0 bridgehead atoms. The van der Waals surface area contributed by atoms with E-state index in [1.807, 2.05) is 6.92 Å². The van der Waals surface area contributed by atoms with Crippen molar-refractivity contribution in [3.63, 3.8) is 0 Å². The number of nitrogens with one attached hydrogen (secondary N) is 1. The Morgan fingerprint density at radius 1 is 1.33 bits per heavy atom. The van der Waals surface area contributed by atoms with Gasteiger partial charge in [0.2, 0.25) is 5.91 Å². The molecule has 0 fully saturated rings. The van der Waals surface area contributed by atoms with Crippen molar-refractivity contribution >= 4 is 5.91 Å². The number of hydroxylamine groups is 1. The minimum atomic E-state index is -4.43. The van der Waals surface area contributed by atoms with Gasteiger partial charge in [0.15, 0.2) is 6.61 Å². The molecule has 1 atom stereocenters. The van der Waals surface area contributed by atoms with Crippen molar-refractivity contribution in [2.24, 2.45) is 11.7 Å². The molecule has 0 aromatic heterocycles. The smallest absolute Gasteiger partial charge is 0.330 e. The Kier molecular flexibility index (Phi) is 8.74. The average molecular weight is 270 g/mol. The molecular formula is C11H21F3N2O2. The lowest BCUT2D eigenvalue weighted by atomic mass is 9.94. The maximum absolute atomic E-state index is 11.7. The van der Waals surface area contributed by atoms with Crippen LogP contribution in [0.3, 0.4) is 0 Å². The van der Waals surface area contributed by atoms with Gasteiger partial charge < -0.3 is 5.73 Å². The minimum absolute atomic E-state index is 0.155. The zero-order chi connectivity index (χ0) is 14.0. The van der Waals surface area contributed by atoms with Crippen molar-refractivity contribution in [3.8, 4) is 0 Å². The summed E-state index contributed by atoms with van der Waals surface area (Å²) in [5.74, 6) is -0.189. The predicted molar refractivity (Wildman–Crippen MR) is 61.5 cm³/mol. The summed E-state index contributed by atoms with van der Waals surface area (Å²) in [5, 5.41) is 0. The predicted octanol–water partition coefficient (Wildman–Crippen LogP) is 2.14. The Morgan fingerprint density at radius 2 is 2.00 bits per heavy atom. The Balaban J connectivity index is 3.73. The van der Waals surface area contributed by atoms with Crippen molar-refractivity contribution in [3.05, 3.63) is 0 Å². The molecule has 0 aliphatic heterocycles. The highest BCUT2D eigenvalue weighted by Crippen LogP contribution is 2.17. The molecule has 0 aliphatic carbocycles. The van der Waals surface area contributed by atoms with Crippen LogP contribution < -0.4 is 11.2 Å². The lowest BCUT2D eigenvalue weighted by Gasteiger charge is -2.14. The topological polar surface area (TPSA) is 64.4 Å². The molecule has 108 valence electrons. The van der Waals surface area contributed by atoms with Gasteiger partial charge in [-0.1, -0.05) is 19.8 Å². The average Bonchev–Trinajstić information content (AvgIpc) is 2.25. The van der Waals surface area contributed by atoms with Crippen molar-refractivity contribution in [1.82, 2.24) is 5.48 Å². The van der Waals surface area contributed by atoms with Crippen molar-refractivity contribution in [2.75, 3.05) is 13.2 Å². The van der Waals surface area contributed by atoms with Crippen molar-refractivity contribution < 1.29 is 22.8 Å². The third-order valence-electron chi connectivity index (χ3n) is 2.47. The second-order valence-corrected chi connectivity index (χ2v) is 4.20. The Labute approximate surface area is 105 Å². The second kappa shape index (κ2) is 9.16. The molecule has 0 rings (SSSR count). The van der Waals surface area contributed by atoms with E-state index in [1.165, 1.54) is 0 Å². The first-order valence-electron chi connectivity index (χ1n) is 6.06. The first-order chi connectivity index (χ1) is 8.39. The van der Waals surface area contributed by atoms with Gasteiger partial charge in [-0.15, -0.1) is 0 Å². The first-order valence-corrected chi connectivity index (χ1v) is 6.06. The maximum atomic E-state index is 11.7. The van der Waals surface area contributed by atoms with Crippen molar-refractivity contribution in [1.29, 1.82) is 0 Å². The zero-order valence-electron chi connectivity index (χ0n) is 10.6.